The van der Waals surface area contributed by atoms with Crippen LogP contribution < -0.4 is 15.0 Å². The Hall–Kier alpha value is -3.71. The summed E-state index contributed by atoms with van der Waals surface area (Å²) in [5, 5.41) is 5.06. The maximum Gasteiger partial charge on any atom is 0.282 e. The first kappa shape index (κ1) is 25.4. The minimum Gasteiger partial charge on any atom is -0.493 e. The molecule has 0 bridgehead atoms. The number of methoxy groups -OCH3 is 1. The zero-order valence-electron chi connectivity index (χ0n) is 20.4. The minimum atomic E-state index is -0.206. The van der Waals surface area contributed by atoms with Crippen molar-refractivity contribution < 1.29 is 9.47 Å². The van der Waals surface area contributed by atoms with Crippen molar-refractivity contribution in [2.45, 2.75) is 32.8 Å². The van der Waals surface area contributed by atoms with E-state index in [9.17, 15) is 4.79 Å². The van der Waals surface area contributed by atoms with E-state index in [-0.39, 0.29) is 5.56 Å². The molecule has 6 nitrogen and oxygen atoms in total. The lowest BCUT2D eigenvalue weighted by atomic mass is 10.1. The summed E-state index contributed by atoms with van der Waals surface area (Å²) in [5.74, 6) is 1.88. The predicted octanol–water partition coefficient (Wildman–Crippen LogP) is 6.31. The van der Waals surface area contributed by atoms with Gasteiger partial charge in [-0.15, -0.1) is 6.58 Å². The highest BCUT2D eigenvalue weighted by atomic mass is 79.9. The number of benzene rings is 3. The number of aromatic nitrogens is 2. The second-order valence-corrected chi connectivity index (χ2v) is 9.20. The van der Waals surface area contributed by atoms with Crippen LogP contribution in [0.4, 0.5) is 0 Å². The maximum absolute atomic E-state index is 13.3. The van der Waals surface area contributed by atoms with E-state index in [0.29, 0.717) is 47.7 Å². The summed E-state index contributed by atoms with van der Waals surface area (Å²) >= 11 is 3.44. The molecule has 3 aromatic carbocycles. The van der Waals surface area contributed by atoms with Gasteiger partial charge in [0.05, 0.1) is 24.2 Å². The molecule has 1 aromatic heterocycles. The number of hydrogen-bond donors (Lipinski definition) is 0. The molecule has 36 heavy (non-hydrogen) atoms. The molecule has 1 heterocycles. The third-order valence-electron chi connectivity index (χ3n) is 5.64. The Labute approximate surface area is 219 Å². The molecular weight excluding hydrogens is 518 g/mol. The van der Waals surface area contributed by atoms with Gasteiger partial charge in [0.2, 0.25) is 0 Å². The zero-order valence-corrected chi connectivity index (χ0v) is 22.0. The van der Waals surface area contributed by atoms with Gasteiger partial charge in [0.25, 0.3) is 5.56 Å². The number of halogens is 1. The van der Waals surface area contributed by atoms with Gasteiger partial charge in [0, 0.05) is 16.5 Å². The van der Waals surface area contributed by atoms with Crippen LogP contribution in [0.2, 0.25) is 0 Å². The van der Waals surface area contributed by atoms with Crippen molar-refractivity contribution in [1.82, 2.24) is 9.66 Å². The number of nitrogens with zero attached hydrogens (tertiary/aromatic N) is 3. The normalized spacial score (nSPS) is 11.2. The SMILES string of the molecule is C=CCc1cc(C=Nn2c(CCC)nc3ccc(Br)cc3c2=O)cc(OC)c1OCc1ccccc1. The number of aryl methyl sites for hydroxylation is 1. The Balaban J connectivity index is 1.73. The number of hydrogen-bond acceptors (Lipinski definition) is 5. The fourth-order valence-corrected chi connectivity index (χ4v) is 4.30. The first-order chi connectivity index (χ1) is 17.5. The highest BCUT2D eigenvalue weighted by molar-refractivity contribution is 9.10. The first-order valence-corrected chi connectivity index (χ1v) is 12.6. The van der Waals surface area contributed by atoms with Gasteiger partial charge < -0.3 is 9.47 Å². The molecule has 0 spiro atoms. The lowest BCUT2D eigenvalue weighted by molar-refractivity contribution is 0.282. The lowest BCUT2D eigenvalue weighted by Crippen LogP contribution is -2.22. The minimum absolute atomic E-state index is 0.206. The molecule has 0 atom stereocenters. The number of rotatable bonds is 10. The molecule has 0 unspecified atom stereocenters. The molecule has 0 radical (unpaired) electrons. The summed E-state index contributed by atoms with van der Waals surface area (Å²) in [6, 6.07) is 19.3. The molecule has 7 heteroatoms. The van der Waals surface area contributed by atoms with E-state index >= 15 is 0 Å². The van der Waals surface area contributed by atoms with E-state index in [0.717, 1.165) is 27.6 Å². The van der Waals surface area contributed by atoms with Gasteiger partial charge in [-0.1, -0.05) is 59.3 Å². The van der Waals surface area contributed by atoms with Crippen molar-refractivity contribution in [3.05, 3.63) is 111 Å². The number of fused-ring (bicyclic) bond motifs is 1. The van der Waals surface area contributed by atoms with Gasteiger partial charge in [-0.2, -0.15) is 9.78 Å². The molecule has 4 rings (SSSR count). The predicted molar refractivity (Wildman–Crippen MR) is 148 cm³/mol. The second-order valence-electron chi connectivity index (χ2n) is 8.28. The monoisotopic (exact) mass is 545 g/mol. The molecule has 0 saturated heterocycles. The first-order valence-electron chi connectivity index (χ1n) is 11.8. The third-order valence-corrected chi connectivity index (χ3v) is 6.13. The summed E-state index contributed by atoms with van der Waals surface area (Å²) < 4.78 is 14.0. The van der Waals surface area contributed by atoms with Gasteiger partial charge in [-0.3, -0.25) is 4.79 Å². The quantitative estimate of drug-likeness (QED) is 0.173. The van der Waals surface area contributed by atoms with E-state index in [4.69, 9.17) is 14.5 Å². The Morgan fingerprint density at radius 2 is 1.94 bits per heavy atom. The van der Waals surface area contributed by atoms with Gasteiger partial charge in [-0.05, 0) is 54.3 Å². The van der Waals surface area contributed by atoms with Crippen LogP contribution >= 0.6 is 15.9 Å². The average molecular weight is 546 g/mol. The molecule has 0 aliphatic carbocycles. The van der Waals surface area contributed by atoms with Crippen LogP contribution in [-0.2, 0) is 19.4 Å². The van der Waals surface area contributed by atoms with Crippen molar-refractivity contribution >= 4 is 33.0 Å². The van der Waals surface area contributed by atoms with E-state index in [1.807, 2.05) is 67.6 Å². The summed E-state index contributed by atoms with van der Waals surface area (Å²) in [6.07, 6.45) is 5.54. The van der Waals surface area contributed by atoms with Gasteiger partial charge >= 0.3 is 0 Å². The smallest absolute Gasteiger partial charge is 0.282 e. The average Bonchev–Trinajstić information content (AvgIpc) is 2.89. The van der Waals surface area contributed by atoms with Gasteiger partial charge in [-0.25, -0.2) is 4.98 Å². The highest BCUT2D eigenvalue weighted by Gasteiger charge is 2.14. The van der Waals surface area contributed by atoms with Crippen LogP contribution in [0.25, 0.3) is 10.9 Å². The van der Waals surface area contributed by atoms with Crippen molar-refractivity contribution in [3.63, 3.8) is 0 Å². The fraction of sp³-hybridized carbons (Fsp3) is 0.207. The van der Waals surface area contributed by atoms with E-state index in [2.05, 4.69) is 27.6 Å². The highest BCUT2D eigenvalue weighted by Crippen LogP contribution is 2.34. The van der Waals surface area contributed by atoms with Crippen molar-refractivity contribution in [1.29, 1.82) is 0 Å². The Morgan fingerprint density at radius 1 is 1.14 bits per heavy atom. The standard InChI is InChI=1S/C29H28BrN3O3/c1-4-9-22-15-21(16-26(35-3)28(22)36-19-20-11-7-6-8-12-20)18-31-33-27(10-5-2)32-25-14-13-23(30)17-24(25)29(33)34/h4,6-8,11-18H,1,5,9-10,19H2,2-3H3. The lowest BCUT2D eigenvalue weighted by Gasteiger charge is -2.16. The topological polar surface area (TPSA) is 65.7 Å². The van der Waals surface area contributed by atoms with E-state index in [1.54, 1.807) is 19.4 Å². The molecule has 184 valence electrons. The molecule has 0 amide bonds. The van der Waals surface area contributed by atoms with Crippen LogP contribution in [0, 0.1) is 0 Å². The van der Waals surface area contributed by atoms with Crippen LogP contribution in [0.5, 0.6) is 11.5 Å². The van der Waals surface area contributed by atoms with Crippen LogP contribution in [0.3, 0.4) is 0 Å². The van der Waals surface area contributed by atoms with E-state index < -0.39 is 0 Å². The Morgan fingerprint density at radius 3 is 2.67 bits per heavy atom. The molecule has 0 fully saturated rings. The molecular formula is C29H28BrN3O3. The maximum atomic E-state index is 13.3. The fourth-order valence-electron chi connectivity index (χ4n) is 3.93. The summed E-state index contributed by atoms with van der Waals surface area (Å²) in [7, 11) is 1.61. The molecule has 4 aromatic rings. The van der Waals surface area contributed by atoms with Crippen LogP contribution in [0.15, 0.2) is 87.7 Å². The van der Waals surface area contributed by atoms with Crippen molar-refractivity contribution in [3.8, 4) is 11.5 Å². The van der Waals surface area contributed by atoms with Gasteiger partial charge in [0.15, 0.2) is 11.5 Å². The summed E-state index contributed by atoms with van der Waals surface area (Å²) in [5.41, 5.74) is 3.21. The molecule has 0 aliphatic heterocycles. The van der Waals surface area contributed by atoms with E-state index in [1.165, 1.54) is 4.68 Å². The zero-order chi connectivity index (χ0) is 25.5. The second kappa shape index (κ2) is 11.8. The van der Waals surface area contributed by atoms with Crippen LogP contribution in [-0.4, -0.2) is 23.0 Å². The Bertz CT molecular complexity index is 1460. The van der Waals surface area contributed by atoms with Crippen molar-refractivity contribution in [2.75, 3.05) is 7.11 Å². The van der Waals surface area contributed by atoms with Gasteiger partial charge in [0.1, 0.15) is 12.4 Å². The Kier molecular flexibility index (Phi) is 8.33. The summed E-state index contributed by atoms with van der Waals surface area (Å²) in [6.45, 7) is 6.35. The molecule has 0 N–H and O–H groups in total. The largest absolute Gasteiger partial charge is 0.493 e. The molecule has 0 saturated carbocycles. The summed E-state index contributed by atoms with van der Waals surface area (Å²) in [4.78, 5) is 18.0. The third kappa shape index (κ3) is 5.74. The van der Waals surface area contributed by atoms with Crippen molar-refractivity contribution in [2.24, 2.45) is 5.10 Å². The molecule has 0 aliphatic rings. The van der Waals surface area contributed by atoms with Crippen LogP contribution in [0.1, 0.15) is 35.9 Å². The number of ether oxygens (including phenoxy) is 2. The number of allylic oxidation sites excluding steroid dienone is 1.